The predicted molar refractivity (Wildman–Crippen MR) is 84.6 cm³/mol. The first-order valence-electron chi connectivity index (χ1n) is 7.55. The number of aromatic nitrogens is 2. The van der Waals surface area contributed by atoms with Gasteiger partial charge in [-0.3, -0.25) is 4.68 Å². The Bertz CT molecular complexity index is 786. The number of alkyl halides is 3. The molecule has 1 N–H and O–H groups in total. The summed E-state index contributed by atoms with van der Waals surface area (Å²) in [6.07, 6.45) is -2.53. The molecule has 10 heteroatoms. The first-order chi connectivity index (χ1) is 11.7. The second-order valence-electron chi connectivity index (χ2n) is 5.18. The fourth-order valence-electron chi connectivity index (χ4n) is 1.95. The lowest BCUT2D eigenvalue weighted by atomic mass is 10.3. The number of sulfonamides is 1. The largest absolute Gasteiger partial charge is 0.494 e. The van der Waals surface area contributed by atoms with Crippen molar-refractivity contribution in [2.45, 2.75) is 31.0 Å². The molecule has 0 aliphatic heterocycles. The van der Waals surface area contributed by atoms with Crippen molar-refractivity contribution >= 4 is 10.0 Å². The molecule has 1 aromatic heterocycles. The lowest BCUT2D eigenvalue weighted by Gasteiger charge is -2.09. The van der Waals surface area contributed by atoms with Crippen molar-refractivity contribution in [3.63, 3.8) is 0 Å². The van der Waals surface area contributed by atoms with Crippen LogP contribution in [0.25, 0.3) is 0 Å². The van der Waals surface area contributed by atoms with Crippen LogP contribution in [0, 0.1) is 0 Å². The molecule has 0 saturated heterocycles. The monoisotopic (exact) mass is 377 g/mol. The minimum Gasteiger partial charge on any atom is -0.494 e. The molecule has 2 aromatic rings. The van der Waals surface area contributed by atoms with Crippen LogP contribution in [0.5, 0.6) is 5.75 Å². The quantitative estimate of drug-likeness (QED) is 0.768. The van der Waals surface area contributed by atoms with Crippen LogP contribution < -0.4 is 9.46 Å². The number of nitrogens with one attached hydrogen (secondary N) is 1. The standard InChI is InChI=1S/C15H18F3N3O3S/c1-2-11-24-12-3-5-13(6-4-12)25(22,23)19-8-10-21-9-7-14(20-21)15(16,17)18/h3-7,9,19H,2,8,10-11H2,1H3. The number of hydrogen-bond acceptors (Lipinski definition) is 4. The van der Waals surface area contributed by atoms with E-state index in [4.69, 9.17) is 4.74 Å². The van der Waals surface area contributed by atoms with E-state index in [9.17, 15) is 21.6 Å². The van der Waals surface area contributed by atoms with Crippen molar-refractivity contribution in [2.24, 2.45) is 0 Å². The summed E-state index contributed by atoms with van der Waals surface area (Å²) in [6.45, 7) is 2.39. The highest BCUT2D eigenvalue weighted by Gasteiger charge is 2.33. The van der Waals surface area contributed by atoms with E-state index in [-0.39, 0.29) is 18.0 Å². The van der Waals surface area contributed by atoms with Crippen LogP contribution in [0.3, 0.4) is 0 Å². The van der Waals surface area contributed by atoms with Gasteiger partial charge in [0.25, 0.3) is 0 Å². The van der Waals surface area contributed by atoms with Crippen molar-refractivity contribution in [3.05, 3.63) is 42.2 Å². The second-order valence-corrected chi connectivity index (χ2v) is 6.95. The Hall–Kier alpha value is -2.07. The molecule has 0 radical (unpaired) electrons. The van der Waals surface area contributed by atoms with Crippen LogP contribution in [0.1, 0.15) is 19.0 Å². The summed E-state index contributed by atoms with van der Waals surface area (Å²) in [7, 11) is -3.76. The van der Waals surface area contributed by atoms with Crippen molar-refractivity contribution in [1.29, 1.82) is 0 Å². The smallest absolute Gasteiger partial charge is 0.435 e. The molecule has 1 heterocycles. The first kappa shape index (κ1) is 19.3. The number of hydrogen-bond donors (Lipinski definition) is 1. The highest BCUT2D eigenvalue weighted by atomic mass is 32.2. The average Bonchev–Trinajstić information content (AvgIpc) is 3.02. The Morgan fingerprint density at radius 2 is 1.88 bits per heavy atom. The summed E-state index contributed by atoms with van der Waals surface area (Å²) < 4.78 is 70.4. The molecule has 0 unspecified atom stereocenters. The van der Waals surface area contributed by atoms with E-state index in [2.05, 4.69) is 9.82 Å². The lowest BCUT2D eigenvalue weighted by molar-refractivity contribution is -0.141. The maximum absolute atomic E-state index is 12.4. The molecule has 0 aliphatic rings. The SMILES string of the molecule is CCCOc1ccc(S(=O)(=O)NCCn2ccc(C(F)(F)F)n2)cc1. The van der Waals surface area contributed by atoms with Crippen molar-refractivity contribution in [3.8, 4) is 5.75 Å². The fourth-order valence-corrected chi connectivity index (χ4v) is 2.97. The predicted octanol–water partition coefficient (Wildman–Crippen LogP) is 2.67. The second kappa shape index (κ2) is 7.87. The van der Waals surface area contributed by atoms with E-state index in [1.165, 1.54) is 12.1 Å². The molecular weight excluding hydrogens is 359 g/mol. The fraction of sp³-hybridized carbons (Fsp3) is 0.400. The van der Waals surface area contributed by atoms with Gasteiger partial charge in [-0.25, -0.2) is 13.1 Å². The van der Waals surface area contributed by atoms with Crippen LogP contribution >= 0.6 is 0 Å². The zero-order chi connectivity index (χ0) is 18.5. The van der Waals surface area contributed by atoms with Gasteiger partial charge in [-0.05, 0) is 36.8 Å². The number of benzene rings is 1. The summed E-state index contributed by atoms with van der Waals surface area (Å²) in [5.74, 6) is 0.567. The molecule has 0 fully saturated rings. The zero-order valence-corrected chi connectivity index (χ0v) is 14.3. The first-order valence-corrected chi connectivity index (χ1v) is 9.04. The maximum atomic E-state index is 12.4. The van der Waals surface area contributed by atoms with Crippen LogP contribution in [-0.4, -0.2) is 31.3 Å². The summed E-state index contributed by atoms with van der Waals surface area (Å²) in [5, 5.41) is 3.35. The molecule has 0 bridgehead atoms. The summed E-state index contributed by atoms with van der Waals surface area (Å²) in [4.78, 5) is 0.0489. The molecule has 1 aromatic carbocycles. The molecule has 25 heavy (non-hydrogen) atoms. The highest BCUT2D eigenvalue weighted by molar-refractivity contribution is 7.89. The molecular formula is C15H18F3N3O3S. The van der Waals surface area contributed by atoms with Gasteiger partial charge in [0.2, 0.25) is 10.0 Å². The van der Waals surface area contributed by atoms with Gasteiger partial charge in [0.15, 0.2) is 5.69 Å². The third-order valence-corrected chi connectivity index (χ3v) is 4.65. The zero-order valence-electron chi connectivity index (χ0n) is 13.5. The van der Waals surface area contributed by atoms with Gasteiger partial charge < -0.3 is 4.74 Å². The van der Waals surface area contributed by atoms with E-state index < -0.39 is 21.9 Å². The van der Waals surface area contributed by atoms with Crippen molar-refractivity contribution < 1.29 is 26.3 Å². The third kappa shape index (κ3) is 5.46. The summed E-state index contributed by atoms with van der Waals surface area (Å²) >= 11 is 0. The molecule has 0 aliphatic carbocycles. The maximum Gasteiger partial charge on any atom is 0.435 e. The van der Waals surface area contributed by atoms with Gasteiger partial charge in [-0.2, -0.15) is 18.3 Å². The molecule has 2 rings (SSSR count). The Morgan fingerprint density at radius 1 is 1.20 bits per heavy atom. The van der Waals surface area contributed by atoms with Gasteiger partial charge in [-0.1, -0.05) is 6.92 Å². The average molecular weight is 377 g/mol. The van der Waals surface area contributed by atoms with Gasteiger partial charge in [0.1, 0.15) is 5.75 Å². The van der Waals surface area contributed by atoms with Crippen LogP contribution in [0.2, 0.25) is 0 Å². The number of halogens is 3. The van der Waals surface area contributed by atoms with Gasteiger partial charge >= 0.3 is 6.18 Å². The third-order valence-electron chi connectivity index (χ3n) is 3.17. The van der Waals surface area contributed by atoms with E-state index in [0.29, 0.717) is 12.4 Å². The number of nitrogens with zero attached hydrogens (tertiary/aromatic N) is 2. The minimum absolute atomic E-state index is 0.0208. The Morgan fingerprint density at radius 3 is 2.44 bits per heavy atom. The van der Waals surface area contributed by atoms with E-state index in [1.54, 1.807) is 12.1 Å². The topological polar surface area (TPSA) is 73.2 Å². The van der Waals surface area contributed by atoms with Crippen LogP contribution in [0.15, 0.2) is 41.4 Å². The van der Waals surface area contributed by atoms with Gasteiger partial charge in [0.05, 0.1) is 18.0 Å². The minimum atomic E-state index is -4.52. The van der Waals surface area contributed by atoms with Crippen LogP contribution in [-0.2, 0) is 22.7 Å². The highest BCUT2D eigenvalue weighted by Crippen LogP contribution is 2.27. The number of ether oxygens (including phenoxy) is 1. The normalized spacial score (nSPS) is 12.3. The van der Waals surface area contributed by atoms with E-state index in [0.717, 1.165) is 23.4 Å². The molecule has 6 nitrogen and oxygen atoms in total. The van der Waals surface area contributed by atoms with Gasteiger partial charge in [-0.15, -0.1) is 0 Å². The van der Waals surface area contributed by atoms with Crippen LogP contribution in [0.4, 0.5) is 13.2 Å². The molecule has 0 saturated carbocycles. The summed E-state index contributed by atoms with van der Waals surface area (Å²) in [5.41, 5.74) is -1.02. The van der Waals surface area contributed by atoms with Crippen molar-refractivity contribution in [2.75, 3.05) is 13.2 Å². The van der Waals surface area contributed by atoms with Gasteiger partial charge in [0, 0.05) is 12.7 Å². The number of rotatable bonds is 8. The van der Waals surface area contributed by atoms with Crippen molar-refractivity contribution in [1.82, 2.24) is 14.5 Å². The lowest BCUT2D eigenvalue weighted by Crippen LogP contribution is -2.27. The Labute approximate surface area is 143 Å². The molecule has 0 amide bonds. The van der Waals surface area contributed by atoms with E-state index in [1.807, 2.05) is 6.92 Å². The molecule has 0 spiro atoms. The van der Waals surface area contributed by atoms with E-state index >= 15 is 0 Å². The Kier molecular flexibility index (Phi) is 6.07. The Balaban J connectivity index is 1.92. The molecule has 138 valence electrons. The summed E-state index contributed by atoms with van der Waals surface area (Å²) in [6, 6.07) is 6.75. The molecule has 0 atom stereocenters.